The molecule has 92 valence electrons. The van der Waals surface area contributed by atoms with Crippen molar-refractivity contribution in [2.24, 2.45) is 0 Å². The largest absolute Gasteiger partial charge is 0.317 e. The molecule has 1 rings (SSSR count). The van der Waals surface area contributed by atoms with Gasteiger partial charge in [0.15, 0.2) is 0 Å². The number of nitrogens with zero attached hydrogens (tertiary/aromatic N) is 2. The molecule has 1 N–H and O–H groups in total. The van der Waals surface area contributed by atoms with E-state index in [4.69, 9.17) is 0 Å². The molecule has 4 heteroatoms. The molecule has 3 nitrogen and oxygen atoms in total. The minimum absolute atomic E-state index is 0.574. The molecule has 16 heavy (non-hydrogen) atoms. The third-order valence-corrected chi connectivity index (χ3v) is 3.83. The van der Waals surface area contributed by atoms with Crippen molar-refractivity contribution in [1.29, 1.82) is 0 Å². The van der Waals surface area contributed by atoms with Crippen LogP contribution >= 0.6 is 11.3 Å². The van der Waals surface area contributed by atoms with Gasteiger partial charge in [0.25, 0.3) is 0 Å². The fraction of sp³-hybridized carbons (Fsp3) is 0.833. The second kappa shape index (κ2) is 7.74. The maximum absolute atomic E-state index is 4.28. The molecule has 0 amide bonds. The van der Waals surface area contributed by atoms with Crippen molar-refractivity contribution in [2.75, 3.05) is 13.1 Å². The fourth-order valence-electron chi connectivity index (χ4n) is 1.66. The van der Waals surface area contributed by atoms with Crippen LogP contribution in [-0.2, 0) is 6.42 Å². The van der Waals surface area contributed by atoms with Gasteiger partial charge in [-0.1, -0.05) is 27.2 Å². The van der Waals surface area contributed by atoms with Crippen molar-refractivity contribution in [3.05, 3.63) is 10.0 Å². The lowest BCUT2D eigenvalue weighted by molar-refractivity contribution is 0.650. The van der Waals surface area contributed by atoms with Crippen LogP contribution in [0.5, 0.6) is 0 Å². The molecule has 0 bridgehead atoms. The first kappa shape index (κ1) is 13.6. The van der Waals surface area contributed by atoms with Gasteiger partial charge in [-0.2, -0.15) is 0 Å². The third-order valence-electron chi connectivity index (χ3n) is 2.62. The van der Waals surface area contributed by atoms with Crippen molar-refractivity contribution in [3.63, 3.8) is 0 Å². The van der Waals surface area contributed by atoms with Crippen LogP contribution in [0.3, 0.4) is 0 Å². The van der Waals surface area contributed by atoms with E-state index in [0.29, 0.717) is 5.92 Å². The molecule has 0 aliphatic carbocycles. The van der Waals surface area contributed by atoms with Gasteiger partial charge < -0.3 is 5.32 Å². The van der Waals surface area contributed by atoms with Gasteiger partial charge in [-0.15, -0.1) is 21.5 Å². The van der Waals surface area contributed by atoms with E-state index in [0.717, 1.165) is 25.9 Å². The highest BCUT2D eigenvalue weighted by atomic mass is 32.1. The van der Waals surface area contributed by atoms with E-state index in [1.54, 1.807) is 11.3 Å². The SMILES string of the molecule is CCCC(C)c1nnc(CCCNCC)s1. The highest BCUT2D eigenvalue weighted by Gasteiger charge is 2.10. The lowest BCUT2D eigenvalue weighted by Gasteiger charge is -2.03. The zero-order valence-electron chi connectivity index (χ0n) is 10.6. The standard InChI is InChI=1S/C12H23N3S/c1-4-7-10(3)12-15-14-11(16-12)8-6-9-13-5-2/h10,13H,4-9H2,1-3H3. The van der Waals surface area contributed by atoms with Crippen molar-refractivity contribution < 1.29 is 0 Å². The summed E-state index contributed by atoms with van der Waals surface area (Å²) in [6, 6.07) is 0. The number of hydrogen-bond acceptors (Lipinski definition) is 4. The summed E-state index contributed by atoms with van der Waals surface area (Å²) in [6.45, 7) is 8.72. The fourth-order valence-corrected chi connectivity index (χ4v) is 2.63. The molecule has 0 aliphatic heterocycles. The van der Waals surface area contributed by atoms with Crippen molar-refractivity contribution in [2.45, 2.75) is 52.4 Å². The topological polar surface area (TPSA) is 37.8 Å². The minimum Gasteiger partial charge on any atom is -0.317 e. The van der Waals surface area contributed by atoms with Crippen LogP contribution in [0.4, 0.5) is 0 Å². The maximum atomic E-state index is 4.28. The average Bonchev–Trinajstić information content (AvgIpc) is 2.73. The molecule has 0 aliphatic rings. The van der Waals surface area contributed by atoms with Crippen LogP contribution in [-0.4, -0.2) is 23.3 Å². The molecule has 0 saturated heterocycles. The summed E-state index contributed by atoms with van der Waals surface area (Å²) in [6.07, 6.45) is 4.65. The van der Waals surface area contributed by atoms with E-state index in [2.05, 4.69) is 36.3 Å². The Balaban J connectivity index is 2.33. The molecule has 0 fully saturated rings. The summed E-state index contributed by atoms with van der Waals surface area (Å²) < 4.78 is 0. The second-order valence-corrected chi connectivity index (χ2v) is 5.27. The lowest BCUT2D eigenvalue weighted by Crippen LogP contribution is -2.14. The van der Waals surface area contributed by atoms with Gasteiger partial charge in [0.1, 0.15) is 10.0 Å². The Morgan fingerprint density at radius 3 is 2.81 bits per heavy atom. The van der Waals surface area contributed by atoms with Gasteiger partial charge in [0, 0.05) is 12.3 Å². The minimum atomic E-state index is 0.574. The van der Waals surface area contributed by atoms with E-state index in [1.807, 2.05) is 0 Å². The maximum Gasteiger partial charge on any atom is 0.120 e. The van der Waals surface area contributed by atoms with E-state index in [-0.39, 0.29) is 0 Å². The van der Waals surface area contributed by atoms with Crippen molar-refractivity contribution in [1.82, 2.24) is 15.5 Å². The number of aromatic nitrogens is 2. The van der Waals surface area contributed by atoms with E-state index in [9.17, 15) is 0 Å². The molecule has 0 radical (unpaired) electrons. The molecule has 0 saturated carbocycles. The molecule has 0 aromatic carbocycles. The Kier molecular flexibility index (Phi) is 6.57. The number of nitrogens with one attached hydrogen (secondary N) is 1. The Hall–Kier alpha value is -0.480. The Bertz CT molecular complexity index is 286. The van der Waals surface area contributed by atoms with Gasteiger partial charge in [-0.3, -0.25) is 0 Å². The van der Waals surface area contributed by atoms with Crippen molar-refractivity contribution in [3.8, 4) is 0 Å². The zero-order valence-corrected chi connectivity index (χ0v) is 11.4. The third kappa shape index (κ3) is 4.58. The first-order chi connectivity index (χ1) is 7.77. The predicted molar refractivity (Wildman–Crippen MR) is 70.1 cm³/mol. The highest BCUT2D eigenvalue weighted by molar-refractivity contribution is 7.11. The number of aryl methyl sites for hydroxylation is 1. The van der Waals surface area contributed by atoms with Crippen LogP contribution in [0.1, 0.15) is 56.0 Å². The van der Waals surface area contributed by atoms with Crippen molar-refractivity contribution >= 4 is 11.3 Å². The summed E-state index contributed by atoms with van der Waals surface area (Å²) in [5.74, 6) is 0.574. The van der Waals surface area contributed by atoms with E-state index in [1.165, 1.54) is 22.9 Å². The summed E-state index contributed by atoms with van der Waals surface area (Å²) >= 11 is 1.79. The number of rotatable bonds is 8. The molecular weight excluding hydrogens is 218 g/mol. The van der Waals surface area contributed by atoms with Crippen LogP contribution in [0.2, 0.25) is 0 Å². The molecule has 1 heterocycles. The summed E-state index contributed by atoms with van der Waals surface area (Å²) in [5.41, 5.74) is 0. The van der Waals surface area contributed by atoms with Gasteiger partial charge in [-0.05, 0) is 25.9 Å². The highest BCUT2D eigenvalue weighted by Crippen LogP contribution is 2.24. The van der Waals surface area contributed by atoms with Crippen LogP contribution in [0.15, 0.2) is 0 Å². The number of hydrogen-bond donors (Lipinski definition) is 1. The Labute approximate surface area is 103 Å². The molecule has 0 spiro atoms. The molecule has 1 aromatic heterocycles. The second-order valence-electron chi connectivity index (χ2n) is 4.18. The first-order valence-corrected chi connectivity index (χ1v) is 7.12. The normalized spacial score (nSPS) is 12.9. The first-order valence-electron chi connectivity index (χ1n) is 6.30. The average molecular weight is 241 g/mol. The monoisotopic (exact) mass is 241 g/mol. The summed E-state index contributed by atoms with van der Waals surface area (Å²) in [4.78, 5) is 0. The smallest absolute Gasteiger partial charge is 0.120 e. The molecule has 1 unspecified atom stereocenters. The van der Waals surface area contributed by atoms with E-state index >= 15 is 0 Å². The quantitative estimate of drug-likeness (QED) is 0.711. The molecule has 1 atom stereocenters. The molecular formula is C12H23N3S. The Morgan fingerprint density at radius 1 is 1.31 bits per heavy atom. The predicted octanol–water partition coefficient (Wildman–Crippen LogP) is 2.98. The van der Waals surface area contributed by atoms with Crippen LogP contribution in [0, 0.1) is 0 Å². The lowest BCUT2D eigenvalue weighted by atomic mass is 10.1. The van der Waals surface area contributed by atoms with Gasteiger partial charge in [0.2, 0.25) is 0 Å². The van der Waals surface area contributed by atoms with Gasteiger partial charge >= 0.3 is 0 Å². The molecule has 1 aromatic rings. The summed E-state index contributed by atoms with van der Waals surface area (Å²) in [5, 5.41) is 14.3. The Morgan fingerprint density at radius 2 is 2.12 bits per heavy atom. The van der Waals surface area contributed by atoms with E-state index < -0.39 is 0 Å². The zero-order chi connectivity index (χ0) is 11.8. The van der Waals surface area contributed by atoms with Crippen LogP contribution in [0.25, 0.3) is 0 Å². The van der Waals surface area contributed by atoms with Crippen LogP contribution < -0.4 is 5.32 Å². The van der Waals surface area contributed by atoms with Gasteiger partial charge in [-0.25, -0.2) is 0 Å². The van der Waals surface area contributed by atoms with Gasteiger partial charge in [0.05, 0.1) is 0 Å². The summed E-state index contributed by atoms with van der Waals surface area (Å²) in [7, 11) is 0.